The first-order valence-corrected chi connectivity index (χ1v) is 15.0. The topological polar surface area (TPSA) is 116 Å². The fourth-order valence-electron chi connectivity index (χ4n) is 5.33. The standard InChI is InChI=1S/C31H33N3O6S.K/c1-20-8-4-7-11-29(20)41(37,38)33-30(35)22-13-12-21(28(17-22)39-3)16-23-19-34(2)27-15-14-24(18-26(23)27)32-31(36)40-25-9-5-6-10-25;/h4,7-8,11-15,17-19,25H,5-6,9-10,16H2,1-3H3,(H,32,36)(H,33,35);/q;+1. The summed E-state index contributed by atoms with van der Waals surface area (Å²) in [5.41, 5.74) is 4.14. The summed E-state index contributed by atoms with van der Waals surface area (Å²) in [5, 5.41) is 3.81. The van der Waals surface area contributed by atoms with Gasteiger partial charge in [0.2, 0.25) is 0 Å². The molecular formula is C31H33KN3O6S+. The van der Waals surface area contributed by atoms with Gasteiger partial charge in [-0.3, -0.25) is 10.1 Å². The number of nitrogens with zero attached hydrogens (tertiary/aromatic N) is 1. The molecule has 1 saturated carbocycles. The van der Waals surface area contributed by atoms with Crippen molar-refractivity contribution in [1.29, 1.82) is 0 Å². The molecule has 214 valence electrons. The van der Waals surface area contributed by atoms with Crippen LogP contribution in [0.25, 0.3) is 10.9 Å². The Morgan fingerprint density at radius 2 is 1.74 bits per heavy atom. The minimum Gasteiger partial charge on any atom is -0.496 e. The normalized spacial score (nSPS) is 13.4. The number of ether oxygens (including phenoxy) is 2. The van der Waals surface area contributed by atoms with Crippen LogP contribution in [0.3, 0.4) is 0 Å². The summed E-state index contributed by atoms with van der Waals surface area (Å²) in [5.74, 6) is -0.291. The molecule has 2 amide bonds. The molecule has 1 fully saturated rings. The SMILES string of the molecule is COc1cc(C(=O)NS(=O)(=O)c2ccccc2C)ccc1Cc1cn(C)c2ccc(NC(=O)OC3CCCC3)cc12.[K+]. The third-order valence-electron chi connectivity index (χ3n) is 7.43. The van der Waals surface area contributed by atoms with Crippen molar-refractivity contribution in [3.8, 4) is 5.75 Å². The van der Waals surface area contributed by atoms with Crippen LogP contribution in [-0.2, 0) is 28.2 Å². The predicted molar refractivity (Wildman–Crippen MR) is 157 cm³/mol. The minimum atomic E-state index is -4.04. The van der Waals surface area contributed by atoms with Gasteiger partial charge < -0.3 is 14.0 Å². The van der Waals surface area contributed by atoms with Gasteiger partial charge in [-0.05, 0) is 85.7 Å². The van der Waals surface area contributed by atoms with Crippen LogP contribution < -0.4 is 66.2 Å². The molecular weight excluding hydrogens is 582 g/mol. The number of rotatable bonds is 8. The van der Waals surface area contributed by atoms with E-state index in [-0.39, 0.29) is 67.9 Å². The number of fused-ring (bicyclic) bond motifs is 1. The van der Waals surface area contributed by atoms with Crippen LogP contribution in [0.4, 0.5) is 10.5 Å². The van der Waals surface area contributed by atoms with Crippen molar-refractivity contribution in [3.63, 3.8) is 0 Å². The maximum Gasteiger partial charge on any atom is 1.00 e. The molecule has 0 aliphatic heterocycles. The molecule has 1 aliphatic carbocycles. The van der Waals surface area contributed by atoms with Crippen LogP contribution in [0.1, 0.15) is 52.7 Å². The van der Waals surface area contributed by atoms with E-state index in [1.54, 1.807) is 37.3 Å². The Labute approximate surface area is 288 Å². The Balaban J connectivity index is 0.00000405. The van der Waals surface area contributed by atoms with Gasteiger partial charge in [0, 0.05) is 41.8 Å². The summed E-state index contributed by atoms with van der Waals surface area (Å²) in [6, 6.07) is 17.1. The first-order valence-electron chi connectivity index (χ1n) is 13.5. The van der Waals surface area contributed by atoms with Gasteiger partial charge >= 0.3 is 57.5 Å². The van der Waals surface area contributed by atoms with Crippen LogP contribution in [0.2, 0.25) is 0 Å². The van der Waals surface area contributed by atoms with E-state index in [9.17, 15) is 18.0 Å². The molecule has 0 unspecified atom stereocenters. The van der Waals surface area contributed by atoms with E-state index in [0.717, 1.165) is 47.7 Å². The van der Waals surface area contributed by atoms with Crippen molar-refractivity contribution in [1.82, 2.24) is 9.29 Å². The Bertz CT molecular complexity index is 1730. The van der Waals surface area contributed by atoms with Gasteiger partial charge in [0.05, 0.1) is 12.0 Å². The molecule has 0 saturated heterocycles. The van der Waals surface area contributed by atoms with E-state index in [2.05, 4.69) is 10.0 Å². The molecule has 0 atom stereocenters. The average Bonchev–Trinajstić information content (AvgIpc) is 3.56. The number of hydrogen-bond acceptors (Lipinski definition) is 6. The molecule has 3 aromatic carbocycles. The summed E-state index contributed by atoms with van der Waals surface area (Å²) in [7, 11) is -0.583. The maximum atomic E-state index is 12.9. The molecule has 11 heteroatoms. The van der Waals surface area contributed by atoms with Gasteiger partial charge in [-0.25, -0.2) is 17.9 Å². The van der Waals surface area contributed by atoms with E-state index in [1.807, 2.05) is 36.0 Å². The second kappa shape index (κ2) is 13.7. The van der Waals surface area contributed by atoms with Gasteiger partial charge in [0.15, 0.2) is 0 Å². The second-order valence-corrected chi connectivity index (χ2v) is 12.0. The number of nitrogens with one attached hydrogen (secondary N) is 2. The number of amides is 2. The Morgan fingerprint density at radius 1 is 1.00 bits per heavy atom. The monoisotopic (exact) mass is 614 g/mol. The van der Waals surface area contributed by atoms with Crippen molar-refractivity contribution >= 4 is 38.6 Å². The van der Waals surface area contributed by atoms with E-state index in [0.29, 0.717) is 23.4 Å². The van der Waals surface area contributed by atoms with Crippen LogP contribution >= 0.6 is 0 Å². The smallest absolute Gasteiger partial charge is 0.496 e. The van der Waals surface area contributed by atoms with Gasteiger partial charge in [0.25, 0.3) is 15.9 Å². The Morgan fingerprint density at radius 3 is 2.45 bits per heavy atom. The fraction of sp³-hybridized carbons (Fsp3) is 0.290. The number of carbonyl (C=O) groups excluding carboxylic acids is 2. The number of anilines is 1. The van der Waals surface area contributed by atoms with E-state index in [4.69, 9.17) is 9.47 Å². The average molecular weight is 615 g/mol. The maximum absolute atomic E-state index is 12.9. The molecule has 5 rings (SSSR count). The molecule has 4 aromatic rings. The second-order valence-electron chi connectivity index (χ2n) is 10.3. The van der Waals surface area contributed by atoms with Crippen molar-refractivity contribution in [3.05, 3.63) is 89.1 Å². The van der Waals surface area contributed by atoms with Gasteiger partial charge in [-0.1, -0.05) is 24.3 Å². The van der Waals surface area contributed by atoms with E-state index >= 15 is 0 Å². The molecule has 1 aromatic heterocycles. The summed E-state index contributed by atoms with van der Waals surface area (Å²) < 4.78 is 40.9. The summed E-state index contributed by atoms with van der Waals surface area (Å²) in [6.45, 7) is 1.67. The van der Waals surface area contributed by atoms with E-state index < -0.39 is 22.0 Å². The first kappa shape index (κ1) is 32.2. The molecule has 0 radical (unpaired) electrons. The van der Waals surface area contributed by atoms with Crippen LogP contribution in [0.15, 0.2) is 71.8 Å². The fourth-order valence-corrected chi connectivity index (χ4v) is 6.55. The summed E-state index contributed by atoms with van der Waals surface area (Å²) in [4.78, 5) is 25.4. The molecule has 9 nitrogen and oxygen atoms in total. The minimum absolute atomic E-state index is 0. The Hall–Kier alpha value is -2.67. The number of hydrogen-bond donors (Lipinski definition) is 2. The van der Waals surface area contributed by atoms with Crippen molar-refractivity contribution in [2.45, 2.75) is 50.0 Å². The number of aryl methyl sites for hydroxylation is 2. The summed E-state index contributed by atoms with van der Waals surface area (Å²) >= 11 is 0. The number of aromatic nitrogens is 1. The van der Waals surface area contributed by atoms with E-state index in [1.165, 1.54) is 19.2 Å². The van der Waals surface area contributed by atoms with Crippen LogP contribution in [0, 0.1) is 6.92 Å². The quantitative estimate of drug-likeness (QED) is 0.295. The summed E-state index contributed by atoms with van der Waals surface area (Å²) in [6.07, 6.45) is 6.00. The van der Waals surface area contributed by atoms with Gasteiger partial charge in [0.1, 0.15) is 11.9 Å². The zero-order valence-electron chi connectivity index (χ0n) is 24.3. The van der Waals surface area contributed by atoms with Crippen molar-refractivity contribution < 1.29 is 78.9 Å². The van der Waals surface area contributed by atoms with Crippen LogP contribution in [0.5, 0.6) is 5.75 Å². The predicted octanol–water partition coefficient (Wildman–Crippen LogP) is 2.70. The number of methoxy groups -OCH3 is 1. The molecule has 2 N–H and O–H groups in total. The molecule has 1 aliphatic rings. The molecule has 0 bridgehead atoms. The third-order valence-corrected chi connectivity index (χ3v) is 8.93. The Kier molecular flexibility index (Phi) is 10.6. The zero-order chi connectivity index (χ0) is 29.1. The van der Waals surface area contributed by atoms with Crippen molar-refractivity contribution in [2.75, 3.05) is 12.4 Å². The number of carbonyl (C=O) groups is 2. The van der Waals surface area contributed by atoms with Gasteiger partial charge in [-0.2, -0.15) is 0 Å². The largest absolute Gasteiger partial charge is 1.00 e. The number of sulfonamides is 1. The van der Waals surface area contributed by atoms with Gasteiger partial charge in [-0.15, -0.1) is 0 Å². The zero-order valence-corrected chi connectivity index (χ0v) is 28.2. The third kappa shape index (κ3) is 7.27. The number of benzene rings is 3. The molecule has 1 heterocycles. The molecule has 0 spiro atoms. The molecule has 42 heavy (non-hydrogen) atoms. The van der Waals surface area contributed by atoms with Crippen LogP contribution in [-0.4, -0.2) is 38.2 Å². The first-order chi connectivity index (χ1) is 19.6. The van der Waals surface area contributed by atoms with Crippen molar-refractivity contribution in [2.24, 2.45) is 7.05 Å².